The monoisotopic (exact) mass is 227 g/mol. The van der Waals surface area contributed by atoms with Gasteiger partial charge in [-0.05, 0) is 6.07 Å². The Labute approximate surface area is 91.1 Å². The summed E-state index contributed by atoms with van der Waals surface area (Å²) in [6.07, 6.45) is -0.390. The molecule has 1 fully saturated rings. The molecule has 1 aliphatic rings. The largest absolute Gasteiger partial charge is 0.394 e. The molecule has 0 aromatic carbocycles. The summed E-state index contributed by atoms with van der Waals surface area (Å²) in [5.41, 5.74) is 4.77. The lowest BCUT2D eigenvalue weighted by Gasteiger charge is -2.16. The van der Waals surface area contributed by atoms with Crippen molar-refractivity contribution in [3.05, 3.63) is 22.7 Å². The zero-order chi connectivity index (χ0) is 11.7. The number of ether oxygens (including phenoxy) is 1. The number of aliphatic hydroxyl groups is 2. The SMILES string of the molecule is Nc1ccn(C2OC(CO)CC2O)c(=O)n1. The van der Waals surface area contributed by atoms with E-state index in [0.29, 0.717) is 0 Å². The lowest BCUT2D eigenvalue weighted by Crippen LogP contribution is -2.31. The van der Waals surface area contributed by atoms with Crippen LogP contribution in [0, 0.1) is 0 Å². The van der Waals surface area contributed by atoms with Crippen molar-refractivity contribution >= 4 is 5.82 Å². The Kier molecular flexibility index (Phi) is 2.90. The molecular formula is C9H13N3O4. The average molecular weight is 227 g/mol. The van der Waals surface area contributed by atoms with Crippen molar-refractivity contribution in [2.24, 2.45) is 0 Å². The molecule has 4 N–H and O–H groups in total. The predicted octanol–water partition coefficient (Wildman–Crippen LogP) is -1.53. The van der Waals surface area contributed by atoms with E-state index in [9.17, 15) is 9.90 Å². The number of nitrogens with two attached hydrogens (primary N) is 1. The van der Waals surface area contributed by atoms with Gasteiger partial charge in [0.25, 0.3) is 0 Å². The number of anilines is 1. The minimum atomic E-state index is -0.833. The summed E-state index contributed by atoms with van der Waals surface area (Å²) in [6.45, 7) is -0.190. The molecule has 1 aromatic rings. The van der Waals surface area contributed by atoms with Crippen LogP contribution >= 0.6 is 0 Å². The fourth-order valence-electron chi connectivity index (χ4n) is 1.72. The molecule has 3 atom stereocenters. The van der Waals surface area contributed by atoms with Gasteiger partial charge >= 0.3 is 5.69 Å². The first kappa shape index (κ1) is 11.1. The first-order valence-electron chi connectivity index (χ1n) is 4.91. The quantitative estimate of drug-likeness (QED) is 0.565. The molecule has 0 saturated carbocycles. The van der Waals surface area contributed by atoms with Crippen molar-refractivity contribution in [1.29, 1.82) is 0 Å². The van der Waals surface area contributed by atoms with Gasteiger partial charge in [-0.3, -0.25) is 4.57 Å². The summed E-state index contributed by atoms with van der Waals surface area (Å²) in [5.74, 6) is 0.118. The van der Waals surface area contributed by atoms with E-state index in [1.54, 1.807) is 0 Å². The van der Waals surface area contributed by atoms with Crippen molar-refractivity contribution in [1.82, 2.24) is 9.55 Å². The van der Waals surface area contributed by atoms with Gasteiger partial charge in [-0.15, -0.1) is 0 Å². The molecule has 2 rings (SSSR count). The molecule has 0 bridgehead atoms. The Morgan fingerprint density at radius 3 is 3.00 bits per heavy atom. The van der Waals surface area contributed by atoms with Crippen LogP contribution in [0.4, 0.5) is 5.82 Å². The number of nitrogen functional groups attached to an aromatic ring is 1. The average Bonchev–Trinajstić information content (AvgIpc) is 2.60. The molecular weight excluding hydrogens is 214 g/mol. The van der Waals surface area contributed by atoms with Crippen LogP contribution in [0.2, 0.25) is 0 Å². The number of hydrogen-bond acceptors (Lipinski definition) is 6. The maximum Gasteiger partial charge on any atom is 0.351 e. The van der Waals surface area contributed by atoms with E-state index in [1.807, 2.05) is 0 Å². The van der Waals surface area contributed by atoms with Crippen LogP contribution < -0.4 is 11.4 Å². The molecule has 0 aliphatic carbocycles. The van der Waals surface area contributed by atoms with E-state index in [-0.39, 0.29) is 18.8 Å². The zero-order valence-electron chi connectivity index (χ0n) is 8.48. The van der Waals surface area contributed by atoms with E-state index in [0.717, 1.165) is 4.57 Å². The predicted molar refractivity (Wildman–Crippen MR) is 54.5 cm³/mol. The van der Waals surface area contributed by atoms with Crippen LogP contribution in [0.3, 0.4) is 0 Å². The van der Waals surface area contributed by atoms with Gasteiger partial charge < -0.3 is 20.7 Å². The number of aliphatic hydroxyl groups excluding tert-OH is 2. The first-order chi connectivity index (χ1) is 7.61. The summed E-state index contributed by atoms with van der Waals surface area (Å²) in [4.78, 5) is 15.0. The molecule has 1 aliphatic heterocycles. The van der Waals surface area contributed by atoms with E-state index >= 15 is 0 Å². The third-order valence-electron chi connectivity index (χ3n) is 2.49. The number of aromatic nitrogens is 2. The van der Waals surface area contributed by atoms with E-state index in [1.165, 1.54) is 12.3 Å². The lowest BCUT2D eigenvalue weighted by molar-refractivity contribution is -0.0529. The Balaban J connectivity index is 2.28. The lowest BCUT2D eigenvalue weighted by atomic mass is 10.2. The molecule has 2 heterocycles. The van der Waals surface area contributed by atoms with Crippen LogP contribution in [0.5, 0.6) is 0 Å². The second kappa shape index (κ2) is 4.20. The highest BCUT2D eigenvalue weighted by atomic mass is 16.5. The summed E-state index contributed by atoms with van der Waals surface area (Å²) in [6, 6.07) is 1.45. The summed E-state index contributed by atoms with van der Waals surface area (Å²) >= 11 is 0. The minimum Gasteiger partial charge on any atom is -0.394 e. The van der Waals surface area contributed by atoms with Crippen molar-refractivity contribution in [3.8, 4) is 0 Å². The fourth-order valence-corrected chi connectivity index (χ4v) is 1.72. The second-order valence-corrected chi connectivity index (χ2v) is 3.68. The number of rotatable bonds is 2. The van der Waals surface area contributed by atoms with Crippen LogP contribution in [0.25, 0.3) is 0 Å². The van der Waals surface area contributed by atoms with E-state index in [2.05, 4.69) is 4.98 Å². The normalized spacial score (nSPS) is 29.5. The summed E-state index contributed by atoms with van der Waals surface area (Å²) < 4.78 is 6.48. The maximum absolute atomic E-state index is 11.5. The molecule has 1 aromatic heterocycles. The number of hydrogen-bond donors (Lipinski definition) is 3. The van der Waals surface area contributed by atoms with Crippen molar-refractivity contribution in [2.75, 3.05) is 12.3 Å². The molecule has 0 amide bonds. The molecule has 1 saturated heterocycles. The molecule has 7 heteroatoms. The highest BCUT2D eigenvalue weighted by Gasteiger charge is 2.35. The van der Waals surface area contributed by atoms with Gasteiger partial charge in [-0.1, -0.05) is 0 Å². The highest BCUT2D eigenvalue weighted by Crippen LogP contribution is 2.27. The Morgan fingerprint density at radius 2 is 2.44 bits per heavy atom. The summed E-state index contributed by atoms with van der Waals surface area (Å²) in [7, 11) is 0. The Bertz CT molecular complexity index is 433. The zero-order valence-corrected chi connectivity index (χ0v) is 8.48. The van der Waals surface area contributed by atoms with E-state index in [4.69, 9.17) is 15.6 Å². The first-order valence-corrected chi connectivity index (χ1v) is 4.91. The minimum absolute atomic E-state index is 0.118. The van der Waals surface area contributed by atoms with Crippen molar-refractivity contribution < 1.29 is 14.9 Å². The van der Waals surface area contributed by atoms with Gasteiger partial charge in [0, 0.05) is 12.6 Å². The molecule has 7 nitrogen and oxygen atoms in total. The molecule has 0 radical (unpaired) electrons. The van der Waals surface area contributed by atoms with E-state index < -0.39 is 24.1 Å². The van der Waals surface area contributed by atoms with Crippen LogP contribution in [0.15, 0.2) is 17.1 Å². The van der Waals surface area contributed by atoms with Crippen molar-refractivity contribution in [3.63, 3.8) is 0 Å². The van der Waals surface area contributed by atoms with Crippen molar-refractivity contribution in [2.45, 2.75) is 24.9 Å². The maximum atomic E-state index is 11.5. The standard InChI is InChI=1S/C9H13N3O4/c10-7-1-2-12(9(15)11-7)8-6(14)3-5(4-13)16-8/h1-2,5-6,8,13-14H,3-4H2,(H2,10,11,15). The van der Waals surface area contributed by atoms with Gasteiger partial charge in [0.2, 0.25) is 0 Å². The van der Waals surface area contributed by atoms with Gasteiger partial charge in [0.15, 0.2) is 6.23 Å². The van der Waals surface area contributed by atoms with Gasteiger partial charge in [0.05, 0.1) is 12.7 Å². The smallest absolute Gasteiger partial charge is 0.351 e. The van der Waals surface area contributed by atoms with Crippen LogP contribution in [-0.4, -0.2) is 38.6 Å². The molecule has 16 heavy (non-hydrogen) atoms. The molecule has 0 spiro atoms. The van der Waals surface area contributed by atoms with Crippen LogP contribution in [0.1, 0.15) is 12.6 Å². The molecule has 88 valence electrons. The highest BCUT2D eigenvalue weighted by molar-refractivity contribution is 5.23. The van der Waals surface area contributed by atoms with Crippen LogP contribution in [-0.2, 0) is 4.74 Å². The topological polar surface area (TPSA) is 111 Å². The second-order valence-electron chi connectivity index (χ2n) is 3.68. The molecule has 3 unspecified atom stereocenters. The van der Waals surface area contributed by atoms with Gasteiger partial charge in [-0.2, -0.15) is 4.98 Å². The summed E-state index contributed by atoms with van der Waals surface area (Å²) in [5, 5.41) is 18.6. The Hall–Kier alpha value is -1.44. The van der Waals surface area contributed by atoms with Gasteiger partial charge in [-0.25, -0.2) is 4.79 Å². The number of nitrogens with zero attached hydrogens (tertiary/aromatic N) is 2. The third-order valence-corrected chi connectivity index (χ3v) is 2.49. The third kappa shape index (κ3) is 1.92. The fraction of sp³-hybridized carbons (Fsp3) is 0.556. The Morgan fingerprint density at radius 1 is 1.69 bits per heavy atom. The van der Waals surface area contributed by atoms with Gasteiger partial charge in [0.1, 0.15) is 11.9 Å².